The number of hydrogen-bond acceptors (Lipinski definition) is 3. The number of hydrogen-bond donors (Lipinski definition) is 1. The van der Waals surface area contributed by atoms with Crippen LogP contribution in [0.2, 0.25) is 0 Å². The molecule has 3 aromatic carbocycles. The number of carbonyl (C=O) groups is 1. The molecule has 4 aromatic rings. The predicted molar refractivity (Wildman–Crippen MR) is 113 cm³/mol. The zero-order valence-corrected chi connectivity index (χ0v) is 16.5. The first-order valence-corrected chi connectivity index (χ1v) is 9.70. The number of carbonyl (C=O) groups excluding carboxylic acids is 1. The Bertz CT molecular complexity index is 1080. The molecule has 0 aliphatic carbocycles. The van der Waals surface area contributed by atoms with Crippen LogP contribution < -0.4 is 0 Å². The lowest BCUT2D eigenvalue weighted by atomic mass is 9.91. The van der Waals surface area contributed by atoms with Gasteiger partial charge in [0.25, 0.3) is 0 Å². The van der Waals surface area contributed by atoms with Gasteiger partial charge in [0, 0.05) is 12.5 Å². The number of halogens is 1. The van der Waals surface area contributed by atoms with Gasteiger partial charge in [-0.15, -0.1) is 0 Å². The number of benzene rings is 3. The molecule has 0 aliphatic heterocycles. The van der Waals surface area contributed by atoms with Gasteiger partial charge in [0.05, 0.1) is 17.3 Å². The van der Waals surface area contributed by atoms with E-state index < -0.39 is 0 Å². The van der Waals surface area contributed by atoms with Crippen molar-refractivity contribution in [3.63, 3.8) is 0 Å². The van der Waals surface area contributed by atoms with Crippen molar-refractivity contribution in [2.75, 3.05) is 0 Å². The van der Waals surface area contributed by atoms with Crippen LogP contribution in [0, 0.1) is 5.82 Å². The van der Waals surface area contributed by atoms with Crippen molar-refractivity contribution in [2.45, 2.75) is 19.4 Å². The van der Waals surface area contributed by atoms with Crippen molar-refractivity contribution >= 4 is 5.97 Å². The minimum Gasteiger partial charge on any atom is -0.459 e. The van der Waals surface area contributed by atoms with Crippen molar-refractivity contribution in [1.29, 1.82) is 0 Å². The molecule has 0 bridgehead atoms. The number of ether oxygens (including phenoxy) is 1. The van der Waals surface area contributed by atoms with E-state index in [4.69, 9.17) is 9.72 Å². The van der Waals surface area contributed by atoms with Crippen molar-refractivity contribution in [3.8, 4) is 11.3 Å². The van der Waals surface area contributed by atoms with E-state index in [9.17, 15) is 9.18 Å². The maximum atomic E-state index is 13.4. The second kappa shape index (κ2) is 8.74. The van der Waals surface area contributed by atoms with Gasteiger partial charge in [-0.2, -0.15) is 0 Å². The summed E-state index contributed by atoms with van der Waals surface area (Å²) in [6.45, 7) is 1.43. The molecule has 5 heteroatoms. The fourth-order valence-electron chi connectivity index (χ4n) is 3.49. The number of H-pyrrole nitrogens is 1. The summed E-state index contributed by atoms with van der Waals surface area (Å²) in [5.41, 5.74) is 4.23. The van der Waals surface area contributed by atoms with E-state index in [0.717, 1.165) is 22.5 Å². The first-order valence-electron chi connectivity index (χ1n) is 9.70. The number of aromatic nitrogens is 2. The third-order valence-corrected chi connectivity index (χ3v) is 4.87. The molecule has 4 rings (SSSR count). The van der Waals surface area contributed by atoms with Crippen LogP contribution in [0.3, 0.4) is 0 Å². The van der Waals surface area contributed by atoms with E-state index in [0.29, 0.717) is 11.4 Å². The molecule has 0 saturated heterocycles. The molecule has 150 valence electrons. The number of nitrogens with one attached hydrogen (secondary N) is 1. The average Bonchev–Trinajstić information content (AvgIpc) is 3.18. The highest BCUT2D eigenvalue weighted by molar-refractivity contribution is 5.67. The predicted octanol–water partition coefficient (Wildman–Crippen LogP) is 5.46. The standard InChI is InChI=1S/C25H21FN2O2/c1-17(29)30-16-22-24(20-12-14-21(26)15-13-20)28-25(27-22)23(18-8-4-2-5-9-18)19-10-6-3-7-11-19/h2-15,23H,16H2,1H3,(H,27,28). The fraction of sp³-hybridized carbons (Fsp3) is 0.120. The molecule has 30 heavy (non-hydrogen) atoms. The smallest absolute Gasteiger partial charge is 0.303 e. The average molecular weight is 400 g/mol. The number of aromatic amines is 1. The highest BCUT2D eigenvalue weighted by atomic mass is 19.1. The summed E-state index contributed by atoms with van der Waals surface area (Å²) in [7, 11) is 0. The van der Waals surface area contributed by atoms with Gasteiger partial charge in [-0.1, -0.05) is 60.7 Å². The largest absolute Gasteiger partial charge is 0.459 e. The molecule has 0 fully saturated rings. The zero-order valence-electron chi connectivity index (χ0n) is 16.5. The summed E-state index contributed by atoms with van der Waals surface area (Å²) < 4.78 is 18.7. The first-order chi connectivity index (χ1) is 14.6. The highest BCUT2D eigenvalue weighted by Gasteiger charge is 2.23. The molecular weight excluding hydrogens is 379 g/mol. The van der Waals surface area contributed by atoms with Gasteiger partial charge in [0.2, 0.25) is 0 Å². The van der Waals surface area contributed by atoms with Gasteiger partial charge < -0.3 is 9.72 Å². The highest BCUT2D eigenvalue weighted by Crippen LogP contribution is 2.33. The third kappa shape index (κ3) is 4.30. The summed E-state index contributed by atoms with van der Waals surface area (Å²) in [5, 5.41) is 0. The number of imidazole rings is 1. The molecule has 0 aliphatic rings. The fourth-order valence-corrected chi connectivity index (χ4v) is 3.49. The van der Waals surface area contributed by atoms with Crippen molar-refractivity contribution in [3.05, 3.63) is 113 Å². The Labute approximate surface area is 174 Å². The van der Waals surface area contributed by atoms with Gasteiger partial charge in [-0.05, 0) is 35.4 Å². The second-order valence-corrected chi connectivity index (χ2v) is 6.99. The summed E-state index contributed by atoms with van der Waals surface area (Å²) in [5.74, 6) is -0.0899. The molecule has 0 saturated carbocycles. The lowest BCUT2D eigenvalue weighted by Crippen LogP contribution is -2.06. The molecule has 0 radical (unpaired) electrons. The van der Waals surface area contributed by atoms with Gasteiger partial charge >= 0.3 is 5.97 Å². The van der Waals surface area contributed by atoms with Crippen LogP contribution in [0.5, 0.6) is 0 Å². The van der Waals surface area contributed by atoms with E-state index in [-0.39, 0.29) is 24.3 Å². The van der Waals surface area contributed by atoms with E-state index in [1.54, 1.807) is 12.1 Å². The SMILES string of the molecule is CC(=O)OCc1[nH]c(C(c2ccccc2)c2ccccc2)nc1-c1ccc(F)cc1. The molecule has 0 atom stereocenters. The number of rotatable bonds is 6. The Hall–Kier alpha value is -3.73. The maximum absolute atomic E-state index is 13.4. The summed E-state index contributed by atoms with van der Waals surface area (Å²) >= 11 is 0. The number of nitrogens with zero attached hydrogens (tertiary/aromatic N) is 1. The quantitative estimate of drug-likeness (QED) is 0.437. The van der Waals surface area contributed by atoms with E-state index in [2.05, 4.69) is 29.2 Å². The monoisotopic (exact) mass is 400 g/mol. The summed E-state index contributed by atoms with van der Waals surface area (Å²) in [6.07, 6.45) is 0. The van der Waals surface area contributed by atoms with Crippen LogP contribution in [-0.4, -0.2) is 15.9 Å². The van der Waals surface area contributed by atoms with Gasteiger partial charge in [0.15, 0.2) is 0 Å². The van der Waals surface area contributed by atoms with Crippen LogP contribution in [-0.2, 0) is 16.1 Å². The molecular formula is C25H21FN2O2. The minimum atomic E-state index is -0.376. The summed E-state index contributed by atoms with van der Waals surface area (Å²) in [6, 6.07) is 26.3. The Morgan fingerprint density at radius 3 is 2.03 bits per heavy atom. The normalized spacial score (nSPS) is 10.9. The van der Waals surface area contributed by atoms with Gasteiger partial charge in [-0.25, -0.2) is 9.37 Å². The molecule has 1 heterocycles. The minimum absolute atomic E-state index is 0.0609. The van der Waals surface area contributed by atoms with Crippen molar-refractivity contribution in [1.82, 2.24) is 9.97 Å². The second-order valence-electron chi connectivity index (χ2n) is 6.99. The molecule has 0 spiro atoms. The summed E-state index contributed by atoms with van der Waals surface area (Å²) in [4.78, 5) is 19.6. The van der Waals surface area contributed by atoms with Gasteiger partial charge in [0.1, 0.15) is 18.2 Å². The van der Waals surface area contributed by atoms with E-state index in [1.807, 2.05) is 36.4 Å². The Morgan fingerprint density at radius 1 is 0.933 bits per heavy atom. The molecule has 1 aromatic heterocycles. The Balaban J connectivity index is 1.84. The molecule has 1 N–H and O–H groups in total. The zero-order chi connectivity index (χ0) is 20.9. The van der Waals surface area contributed by atoms with Crippen LogP contribution in [0.25, 0.3) is 11.3 Å². The third-order valence-electron chi connectivity index (χ3n) is 4.87. The van der Waals surface area contributed by atoms with Gasteiger partial charge in [-0.3, -0.25) is 4.79 Å². The molecule has 4 nitrogen and oxygen atoms in total. The van der Waals surface area contributed by atoms with Crippen LogP contribution >= 0.6 is 0 Å². The van der Waals surface area contributed by atoms with Crippen molar-refractivity contribution < 1.29 is 13.9 Å². The molecule has 0 unspecified atom stereocenters. The van der Waals surface area contributed by atoms with Crippen molar-refractivity contribution in [2.24, 2.45) is 0 Å². The topological polar surface area (TPSA) is 55.0 Å². The Morgan fingerprint density at radius 2 is 1.50 bits per heavy atom. The van der Waals surface area contributed by atoms with E-state index >= 15 is 0 Å². The van der Waals surface area contributed by atoms with E-state index in [1.165, 1.54) is 19.1 Å². The lowest BCUT2D eigenvalue weighted by Gasteiger charge is -2.16. The maximum Gasteiger partial charge on any atom is 0.303 e. The Kier molecular flexibility index (Phi) is 5.70. The van der Waals surface area contributed by atoms with Crippen LogP contribution in [0.4, 0.5) is 4.39 Å². The molecule has 0 amide bonds. The van der Waals surface area contributed by atoms with Crippen LogP contribution in [0.1, 0.15) is 35.5 Å². The van der Waals surface area contributed by atoms with Crippen LogP contribution in [0.15, 0.2) is 84.9 Å². The number of esters is 1. The lowest BCUT2D eigenvalue weighted by molar-refractivity contribution is -0.142. The first kappa shape index (κ1) is 19.6.